The Morgan fingerprint density at radius 2 is 2.07 bits per heavy atom. The molecule has 1 rings (SSSR count). The van der Waals surface area contributed by atoms with Crippen molar-refractivity contribution in [1.82, 2.24) is 4.90 Å². The Morgan fingerprint density at radius 3 is 2.36 bits per heavy atom. The Morgan fingerprint density at radius 1 is 1.57 bits per heavy atom. The van der Waals surface area contributed by atoms with Crippen molar-refractivity contribution in [3.8, 4) is 0 Å². The van der Waals surface area contributed by atoms with Gasteiger partial charge in [-0.25, -0.2) is 9.69 Å². The van der Waals surface area contributed by atoms with E-state index in [2.05, 4.69) is 6.58 Å². The summed E-state index contributed by atoms with van der Waals surface area (Å²) >= 11 is 0. The minimum absolute atomic E-state index is 0.234. The highest BCUT2D eigenvalue weighted by atomic mass is 19.4. The molecule has 0 bridgehead atoms. The minimum atomic E-state index is -4.74. The SMILES string of the molecule is C=C1C[C@@H](C(F)(F)F)N(C(=O)O)C1=O. The molecule has 4 nitrogen and oxygen atoms in total. The minimum Gasteiger partial charge on any atom is -0.465 e. The van der Waals surface area contributed by atoms with Gasteiger partial charge in [-0.05, 0) is 0 Å². The number of hydrogen-bond acceptors (Lipinski definition) is 2. The number of carbonyl (C=O) groups excluding carboxylic acids is 1. The van der Waals surface area contributed by atoms with Crippen molar-refractivity contribution in [2.75, 3.05) is 0 Å². The van der Waals surface area contributed by atoms with Gasteiger partial charge in [-0.2, -0.15) is 13.2 Å². The van der Waals surface area contributed by atoms with E-state index in [-0.39, 0.29) is 10.5 Å². The van der Waals surface area contributed by atoms with E-state index in [9.17, 15) is 22.8 Å². The van der Waals surface area contributed by atoms with Gasteiger partial charge in [0.25, 0.3) is 5.91 Å². The van der Waals surface area contributed by atoms with Crippen LogP contribution in [0.15, 0.2) is 12.2 Å². The monoisotopic (exact) mass is 209 g/mol. The van der Waals surface area contributed by atoms with Crippen molar-refractivity contribution in [2.24, 2.45) is 0 Å². The Labute approximate surface area is 76.6 Å². The van der Waals surface area contributed by atoms with E-state index in [1.807, 2.05) is 0 Å². The van der Waals surface area contributed by atoms with Crippen molar-refractivity contribution in [1.29, 1.82) is 0 Å². The van der Waals surface area contributed by atoms with Gasteiger partial charge in [0.15, 0.2) is 0 Å². The lowest BCUT2D eigenvalue weighted by Gasteiger charge is -2.21. The molecule has 14 heavy (non-hydrogen) atoms. The number of rotatable bonds is 0. The number of likely N-dealkylation sites (tertiary alicyclic amines) is 1. The third kappa shape index (κ3) is 1.57. The molecule has 7 heteroatoms. The van der Waals surface area contributed by atoms with E-state index in [0.717, 1.165) is 0 Å². The standard InChI is InChI=1S/C7H6F3NO3/c1-3-2-4(7(8,9)10)11(5(3)12)6(13)14/h4H,1-2H2,(H,13,14)/t4-/m0/s1. The first-order chi connectivity index (χ1) is 6.25. The van der Waals surface area contributed by atoms with Gasteiger partial charge in [-0.15, -0.1) is 0 Å². The predicted octanol–water partition coefficient (Wildman–Crippen LogP) is 1.38. The zero-order valence-corrected chi connectivity index (χ0v) is 6.84. The smallest absolute Gasteiger partial charge is 0.414 e. The molecule has 1 fully saturated rings. The molecule has 0 aromatic heterocycles. The Hall–Kier alpha value is -1.53. The zero-order chi connectivity index (χ0) is 11.1. The maximum Gasteiger partial charge on any atom is 0.414 e. The molecule has 0 saturated carbocycles. The third-order valence-electron chi connectivity index (χ3n) is 1.86. The fourth-order valence-electron chi connectivity index (χ4n) is 1.21. The summed E-state index contributed by atoms with van der Waals surface area (Å²) in [6, 6.07) is -2.29. The highest BCUT2D eigenvalue weighted by Crippen LogP contribution is 2.35. The Kier molecular flexibility index (Phi) is 2.26. The van der Waals surface area contributed by atoms with Crippen molar-refractivity contribution in [3.05, 3.63) is 12.2 Å². The van der Waals surface area contributed by atoms with Crippen LogP contribution in [0.2, 0.25) is 0 Å². The summed E-state index contributed by atoms with van der Waals surface area (Å²) < 4.78 is 36.7. The van der Waals surface area contributed by atoms with E-state index in [1.54, 1.807) is 0 Å². The second-order valence-corrected chi connectivity index (χ2v) is 2.82. The second kappa shape index (κ2) is 3.00. The number of carboxylic acid groups (broad SMARTS) is 1. The van der Waals surface area contributed by atoms with Gasteiger partial charge in [0.1, 0.15) is 6.04 Å². The van der Waals surface area contributed by atoms with Crippen LogP contribution < -0.4 is 0 Å². The van der Waals surface area contributed by atoms with E-state index >= 15 is 0 Å². The van der Waals surface area contributed by atoms with Crippen molar-refractivity contribution < 1.29 is 27.9 Å². The molecule has 0 aromatic rings. The Balaban J connectivity index is 3.03. The molecule has 0 spiro atoms. The summed E-state index contributed by atoms with van der Waals surface area (Å²) in [5.41, 5.74) is -0.338. The largest absolute Gasteiger partial charge is 0.465 e. The highest BCUT2D eigenvalue weighted by molar-refractivity contribution is 6.04. The molecule has 1 aliphatic rings. The first kappa shape index (κ1) is 10.6. The van der Waals surface area contributed by atoms with Crippen LogP contribution in [-0.4, -0.2) is 34.2 Å². The number of halogens is 3. The number of alkyl halides is 3. The summed E-state index contributed by atoms with van der Waals surface area (Å²) in [5.74, 6) is -1.18. The molecule has 1 aliphatic heterocycles. The van der Waals surface area contributed by atoms with Gasteiger partial charge in [-0.3, -0.25) is 4.79 Å². The first-order valence-electron chi connectivity index (χ1n) is 3.56. The number of imide groups is 1. The number of hydrogen-bond donors (Lipinski definition) is 1. The molecule has 0 aliphatic carbocycles. The molecule has 1 N–H and O–H groups in total. The van der Waals surface area contributed by atoms with E-state index in [4.69, 9.17) is 5.11 Å². The molecule has 0 aromatic carbocycles. The van der Waals surface area contributed by atoms with Gasteiger partial charge >= 0.3 is 12.3 Å². The normalized spacial score (nSPS) is 23.1. The third-order valence-corrected chi connectivity index (χ3v) is 1.86. The predicted molar refractivity (Wildman–Crippen MR) is 38.5 cm³/mol. The average Bonchev–Trinajstić information content (AvgIpc) is 2.27. The maximum atomic E-state index is 12.2. The lowest BCUT2D eigenvalue weighted by molar-refractivity contribution is -0.175. The van der Waals surface area contributed by atoms with Gasteiger partial charge in [0, 0.05) is 12.0 Å². The van der Waals surface area contributed by atoms with Gasteiger partial charge in [-0.1, -0.05) is 6.58 Å². The number of nitrogens with zero attached hydrogens (tertiary/aromatic N) is 1. The molecule has 1 atom stereocenters. The molecular formula is C7H6F3NO3. The molecule has 0 unspecified atom stereocenters. The highest BCUT2D eigenvalue weighted by Gasteiger charge is 2.53. The van der Waals surface area contributed by atoms with Crippen LogP contribution in [0.1, 0.15) is 6.42 Å². The van der Waals surface area contributed by atoms with Crippen LogP contribution in [-0.2, 0) is 4.79 Å². The summed E-state index contributed by atoms with van der Waals surface area (Å²) in [6.45, 7) is 3.08. The summed E-state index contributed by atoms with van der Waals surface area (Å²) in [5, 5.41) is 8.40. The maximum absolute atomic E-state index is 12.2. The fraction of sp³-hybridized carbons (Fsp3) is 0.429. The van der Waals surface area contributed by atoms with Gasteiger partial charge < -0.3 is 5.11 Å². The van der Waals surface area contributed by atoms with E-state index in [1.165, 1.54) is 0 Å². The molecule has 2 amide bonds. The van der Waals surface area contributed by atoms with Gasteiger partial charge in [0.05, 0.1) is 0 Å². The molecule has 1 heterocycles. The molecule has 0 radical (unpaired) electrons. The van der Waals surface area contributed by atoms with Crippen molar-refractivity contribution in [3.63, 3.8) is 0 Å². The van der Waals surface area contributed by atoms with Gasteiger partial charge in [0.2, 0.25) is 0 Å². The van der Waals surface area contributed by atoms with Crippen molar-refractivity contribution in [2.45, 2.75) is 18.6 Å². The summed E-state index contributed by atoms with van der Waals surface area (Å²) in [4.78, 5) is 21.1. The number of amides is 2. The van der Waals surface area contributed by atoms with E-state index in [0.29, 0.717) is 0 Å². The quantitative estimate of drug-likeness (QED) is 0.613. The molecular weight excluding hydrogens is 203 g/mol. The molecule has 1 saturated heterocycles. The van der Waals surface area contributed by atoms with Crippen LogP contribution in [0.5, 0.6) is 0 Å². The first-order valence-corrected chi connectivity index (χ1v) is 3.56. The average molecular weight is 209 g/mol. The topological polar surface area (TPSA) is 57.6 Å². The van der Waals surface area contributed by atoms with Crippen LogP contribution in [0, 0.1) is 0 Å². The number of carbonyl (C=O) groups is 2. The lowest BCUT2D eigenvalue weighted by atomic mass is 10.2. The van der Waals surface area contributed by atoms with Crippen LogP contribution in [0.25, 0.3) is 0 Å². The summed E-state index contributed by atoms with van der Waals surface area (Å²) in [7, 11) is 0. The van der Waals surface area contributed by atoms with Crippen LogP contribution in [0.4, 0.5) is 18.0 Å². The lowest BCUT2D eigenvalue weighted by Crippen LogP contribution is -2.45. The zero-order valence-electron chi connectivity index (χ0n) is 6.84. The van der Waals surface area contributed by atoms with Crippen molar-refractivity contribution >= 4 is 12.0 Å². The van der Waals surface area contributed by atoms with Crippen LogP contribution in [0.3, 0.4) is 0 Å². The summed E-state index contributed by atoms with van der Waals surface area (Å²) in [6.07, 6.45) is -7.33. The second-order valence-electron chi connectivity index (χ2n) is 2.82. The van der Waals surface area contributed by atoms with Crippen LogP contribution >= 0.6 is 0 Å². The molecule has 78 valence electrons. The fourth-order valence-corrected chi connectivity index (χ4v) is 1.21. The van der Waals surface area contributed by atoms with E-state index < -0.39 is 30.6 Å². The Bertz CT molecular complexity index is 310.